The van der Waals surface area contributed by atoms with Gasteiger partial charge in [-0.05, 0) is 49.6 Å². The van der Waals surface area contributed by atoms with E-state index in [0.717, 1.165) is 35.8 Å². The molecule has 0 amide bonds. The van der Waals surface area contributed by atoms with Crippen molar-refractivity contribution in [3.05, 3.63) is 58.6 Å². The van der Waals surface area contributed by atoms with Crippen LogP contribution in [0.5, 0.6) is 0 Å². The normalized spacial score (nSPS) is 12.3. The molecule has 1 unspecified atom stereocenters. The molecular formula is C16H20ClN3. The molecule has 0 aliphatic rings. The Kier molecular flexibility index (Phi) is 5.50. The largest absolute Gasteiger partial charge is 0.307 e. The maximum Gasteiger partial charge on any atom is 0.145 e. The first-order valence-electron chi connectivity index (χ1n) is 6.95. The van der Waals surface area contributed by atoms with Crippen molar-refractivity contribution in [1.29, 1.82) is 0 Å². The average Bonchev–Trinajstić information content (AvgIpc) is 2.44. The fraction of sp³-hybridized carbons (Fsp3) is 0.375. The van der Waals surface area contributed by atoms with Gasteiger partial charge in [-0.1, -0.05) is 30.7 Å². The van der Waals surface area contributed by atoms with Crippen LogP contribution < -0.4 is 5.32 Å². The number of nitrogens with one attached hydrogen (secondary N) is 1. The Balaban J connectivity index is 2.16. The zero-order chi connectivity index (χ0) is 14.4. The molecule has 0 aliphatic carbocycles. The SMILES string of the molecule is CCCNC(Cc1cccc(Cl)c1)c1ncc(C)cn1. The van der Waals surface area contributed by atoms with Gasteiger partial charge < -0.3 is 5.32 Å². The van der Waals surface area contributed by atoms with E-state index in [-0.39, 0.29) is 6.04 Å². The highest BCUT2D eigenvalue weighted by molar-refractivity contribution is 6.30. The Morgan fingerprint density at radius 2 is 2.00 bits per heavy atom. The number of aryl methyl sites for hydroxylation is 1. The second-order valence-corrected chi connectivity index (χ2v) is 5.40. The lowest BCUT2D eigenvalue weighted by Gasteiger charge is -2.17. The molecule has 106 valence electrons. The molecule has 1 atom stereocenters. The smallest absolute Gasteiger partial charge is 0.145 e. The van der Waals surface area contributed by atoms with Crippen molar-refractivity contribution in [3.8, 4) is 0 Å². The van der Waals surface area contributed by atoms with E-state index in [2.05, 4.69) is 28.3 Å². The van der Waals surface area contributed by atoms with Crippen LogP contribution in [0, 0.1) is 6.92 Å². The fourth-order valence-electron chi connectivity index (χ4n) is 2.06. The second-order valence-electron chi connectivity index (χ2n) is 4.96. The summed E-state index contributed by atoms with van der Waals surface area (Å²) in [7, 11) is 0. The van der Waals surface area contributed by atoms with Gasteiger partial charge in [0.2, 0.25) is 0 Å². The first kappa shape index (κ1) is 14.9. The van der Waals surface area contributed by atoms with Crippen molar-refractivity contribution < 1.29 is 0 Å². The Morgan fingerprint density at radius 1 is 1.25 bits per heavy atom. The molecule has 1 heterocycles. The molecule has 0 fully saturated rings. The van der Waals surface area contributed by atoms with Crippen molar-refractivity contribution in [2.24, 2.45) is 0 Å². The zero-order valence-electron chi connectivity index (χ0n) is 11.9. The van der Waals surface area contributed by atoms with Gasteiger partial charge in [-0.3, -0.25) is 0 Å². The van der Waals surface area contributed by atoms with Crippen LogP contribution in [0.2, 0.25) is 5.02 Å². The summed E-state index contributed by atoms with van der Waals surface area (Å²) in [6.07, 6.45) is 5.64. The zero-order valence-corrected chi connectivity index (χ0v) is 12.7. The van der Waals surface area contributed by atoms with E-state index in [1.807, 2.05) is 37.5 Å². The monoisotopic (exact) mass is 289 g/mol. The number of nitrogens with zero attached hydrogens (tertiary/aromatic N) is 2. The van der Waals surface area contributed by atoms with Gasteiger partial charge in [-0.2, -0.15) is 0 Å². The molecular weight excluding hydrogens is 270 g/mol. The van der Waals surface area contributed by atoms with Crippen molar-refractivity contribution >= 4 is 11.6 Å². The van der Waals surface area contributed by atoms with Crippen molar-refractivity contribution in [1.82, 2.24) is 15.3 Å². The van der Waals surface area contributed by atoms with Gasteiger partial charge >= 0.3 is 0 Å². The summed E-state index contributed by atoms with van der Waals surface area (Å²) in [6.45, 7) is 5.09. The van der Waals surface area contributed by atoms with Crippen LogP contribution in [0.4, 0.5) is 0 Å². The third-order valence-corrected chi connectivity index (χ3v) is 3.32. The van der Waals surface area contributed by atoms with E-state index in [1.165, 1.54) is 5.56 Å². The lowest BCUT2D eigenvalue weighted by Crippen LogP contribution is -2.26. The summed E-state index contributed by atoms with van der Waals surface area (Å²) in [5.74, 6) is 0.837. The average molecular weight is 290 g/mol. The van der Waals surface area contributed by atoms with Crippen LogP contribution in [0.3, 0.4) is 0 Å². The van der Waals surface area contributed by atoms with Crippen LogP contribution in [0.1, 0.15) is 36.3 Å². The van der Waals surface area contributed by atoms with Crippen LogP contribution in [-0.2, 0) is 6.42 Å². The highest BCUT2D eigenvalue weighted by Gasteiger charge is 2.14. The molecule has 0 bridgehead atoms. The Morgan fingerprint density at radius 3 is 2.65 bits per heavy atom. The van der Waals surface area contributed by atoms with E-state index in [0.29, 0.717) is 0 Å². The van der Waals surface area contributed by atoms with Crippen molar-refractivity contribution in [3.63, 3.8) is 0 Å². The minimum atomic E-state index is 0.119. The molecule has 0 saturated carbocycles. The molecule has 0 spiro atoms. The van der Waals surface area contributed by atoms with E-state index in [1.54, 1.807) is 0 Å². The third-order valence-electron chi connectivity index (χ3n) is 3.08. The minimum absolute atomic E-state index is 0.119. The topological polar surface area (TPSA) is 37.8 Å². The fourth-order valence-corrected chi connectivity index (χ4v) is 2.27. The maximum atomic E-state index is 6.05. The Hall–Kier alpha value is -1.45. The molecule has 4 heteroatoms. The molecule has 1 aromatic carbocycles. The first-order valence-corrected chi connectivity index (χ1v) is 7.33. The van der Waals surface area contributed by atoms with Gasteiger partial charge in [0.1, 0.15) is 5.82 Å². The number of rotatable bonds is 6. The quantitative estimate of drug-likeness (QED) is 0.881. The molecule has 0 saturated heterocycles. The molecule has 20 heavy (non-hydrogen) atoms. The lowest BCUT2D eigenvalue weighted by atomic mass is 10.1. The highest BCUT2D eigenvalue weighted by Crippen LogP contribution is 2.18. The summed E-state index contributed by atoms with van der Waals surface area (Å²) < 4.78 is 0. The van der Waals surface area contributed by atoms with Crippen LogP contribution in [0.15, 0.2) is 36.7 Å². The van der Waals surface area contributed by atoms with Gasteiger partial charge in [-0.15, -0.1) is 0 Å². The molecule has 2 aromatic rings. The molecule has 3 nitrogen and oxygen atoms in total. The minimum Gasteiger partial charge on any atom is -0.307 e. The molecule has 1 aromatic heterocycles. The summed E-state index contributed by atoms with van der Waals surface area (Å²) in [5.41, 5.74) is 2.26. The van der Waals surface area contributed by atoms with Crippen LogP contribution in [-0.4, -0.2) is 16.5 Å². The van der Waals surface area contributed by atoms with Crippen molar-refractivity contribution in [2.75, 3.05) is 6.54 Å². The number of halogens is 1. The summed E-state index contributed by atoms with van der Waals surface area (Å²) in [5, 5.41) is 4.27. The summed E-state index contributed by atoms with van der Waals surface area (Å²) in [6, 6.07) is 8.07. The third kappa shape index (κ3) is 4.29. The standard InChI is InChI=1S/C16H20ClN3/c1-3-7-18-15(16-19-10-12(2)11-20-16)9-13-5-4-6-14(17)8-13/h4-6,8,10-11,15,18H,3,7,9H2,1-2H3. The predicted molar refractivity (Wildman–Crippen MR) is 83.0 cm³/mol. The van der Waals surface area contributed by atoms with Crippen molar-refractivity contribution in [2.45, 2.75) is 32.7 Å². The molecule has 1 N–H and O–H groups in total. The van der Waals surface area contributed by atoms with Gasteiger partial charge in [0.15, 0.2) is 0 Å². The molecule has 0 aliphatic heterocycles. The maximum absolute atomic E-state index is 6.05. The highest BCUT2D eigenvalue weighted by atomic mass is 35.5. The van der Waals surface area contributed by atoms with Gasteiger partial charge in [-0.25, -0.2) is 9.97 Å². The van der Waals surface area contributed by atoms with E-state index >= 15 is 0 Å². The Bertz CT molecular complexity index is 540. The molecule has 2 rings (SSSR count). The predicted octanol–water partition coefficient (Wildman–Crippen LogP) is 3.72. The van der Waals surface area contributed by atoms with E-state index < -0.39 is 0 Å². The van der Waals surface area contributed by atoms with Crippen LogP contribution in [0.25, 0.3) is 0 Å². The Labute approximate surface area is 125 Å². The first-order chi connectivity index (χ1) is 9.69. The number of hydrogen-bond donors (Lipinski definition) is 1. The second kappa shape index (κ2) is 7.36. The lowest BCUT2D eigenvalue weighted by molar-refractivity contribution is 0.504. The summed E-state index contributed by atoms with van der Waals surface area (Å²) >= 11 is 6.05. The summed E-state index contributed by atoms with van der Waals surface area (Å²) in [4.78, 5) is 8.89. The van der Waals surface area contributed by atoms with Gasteiger partial charge in [0.05, 0.1) is 6.04 Å². The van der Waals surface area contributed by atoms with Gasteiger partial charge in [0, 0.05) is 17.4 Å². The van der Waals surface area contributed by atoms with Crippen LogP contribution >= 0.6 is 11.6 Å². The number of hydrogen-bond acceptors (Lipinski definition) is 3. The van der Waals surface area contributed by atoms with E-state index in [9.17, 15) is 0 Å². The number of aromatic nitrogens is 2. The van der Waals surface area contributed by atoms with E-state index in [4.69, 9.17) is 11.6 Å². The van der Waals surface area contributed by atoms with Gasteiger partial charge in [0.25, 0.3) is 0 Å². The number of benzene rings is 1. The molecule has 0 radical (unpaired) electrons.